The normalized spacial score (nSPS) is 12.9. The summed E-state index contributed by atoms with van der Waals surface area (Å²) in [4.78, 5) is 10.4. The summed E-state index contributed by atoms with van der Waals surface area (Å²) in [6.07, 6.45) is 0. The molecule has 1 rings (SSSR count). The molecule has 6 nitrogen and oxygen atoms in total. The Morgan fingerprint density at radius 1 is 1.37 bits per heavy atom. The first-order chi connectivity index (χ1) is 8.84. The zero-order valence-electron chi connectivity index (χ0n) is 10.8. The minimum atomic E-state index is -3.83. The van der Waals surface area contributed by atoms with E-state index in [1.54, 1.807) is 31.2 Å². The average molecular weight is 287 g/mol. The van der Waals surface area contributed by atoms with Crippen LogP contribution in [0.25, 0.3) is 0 Å². The maximum atomic E-state index is 11.5. The van der Waals surface area contributed by atoms with Crippen molar-refractivity contribution in [2.24, 2.45) is 0 Å². The molecule has 0 radical (unpaired) electrons. The van der Waals surface area contributed by atoms with E-state index in [1.807, 2.05) is 6.92 Å². The topological polar surface area (TPSA) is 92.7 Å². The van der Waals surface area contributed by atoms with Crippen molar-refractivity contribution in [3.63, 3.8) is 0 Å². The van der Waals surface area contributed by atoms with E-state index in [0.717, 1.165) is 5.56 Å². The molecule has 1 atom stereocenters. The van der Waals surface area contributed by atoms with Crippen LogP contribution in [0.3, 0.4) is 0 Å². The fraction of sp³-hybridized carbons (Fsp3) is 0.417. The second-order valence-corrected chi connectivity index (χ2v) is 5.75. The van der Waals surface area contributed by atoms with E-state index in [0.29, 0.717) is 12.4 Å². The van der Waals surface area contributed by atoms with Gasteiger partial charge in [0.25, 0.3) is 0 Å². The number of aliphatic carboxylic acids is 1. The first kappa shape index (κ1) is 15.5. The van der Waals surface area contributed by atoms with Crippen molar-refractivity contribution in [1.82, 2.24) is 4.72 Å². The van der Waals surface area contributed by atoms with Gasteiger partial charge in [-0.15, -0.1) is 0 Å². The van der Waals surface area contributed by atoms with Gasteiger partial charge in [0, 0.05) is 6.04 Å². The van der Waals surface area contributed by atoms with Crippen molar-refractivity contribution in [3.8, 4) is 5.75 Å². The molecule has 1 aromatic carbocycles. The van der Waals surface area contributed by atoms with E-state index in [9.17, 15) is 13.2 Å². The minimum absolute atomic E-state index is 0.500. The quantitative estimate of drug-likeness (QED) is 0.784. The van der Waals surface area contributed by atoms with Gasteiger partial charge in [0.05, 0.1) is 6.61 Å². The van der Waals surface area contributed by atoms with Gasteiger partial charge >= 0.3 is 5.97 Å². The molecule has 19 heavy (non-hydrogen) atoms. The lowest BCUT2D eigenvalue weighted by Gasteiger charge is -2.14. The molecule has 0 amide bonds. The molecular weight excluding hydrogens is 270 g/mol. The number of carbonyl (C=O) groups is 1. The zero-order chi connectivity index (χ0) is 14.5. The lowest BCUT2D eigenvalue weighted by atomic mass is 10.1. The largest absolute Gasteiger partial charge is 0.494 e. The molecule has 0 saturated carbocycles. The van der Waals surface area contributed by atoms with Crippen LogP contribution in [0.4, 0.5) is 0 Å². The van der Waals surface area contributed by atoms with E-state index in [2.05, 4.69) is 4.72 Å². The molecule has 106 valence electrons. The van der Waals surface area contributed by atoms with Crippen molar-refractivity contribution in [3.05, 3.63) is 29.8 Å². The summed E-state index contributed by atoms with van der Waals surface area (Å²) in [6, 6.07) is 6.44. The maximum absolute atomic E-state index is 11.5. The molecule has 2 N–H and O–H groups in total. The Kier molecular flexibility index (Phi) is 5.31. The van der Waals surface area contributed by atoms with Gasteiger partial charge < -0.3 is 9.84 Å². The highest BCUT2D eigenvalue weighted by molar-refractivity contribution is 7.90. The van der Waals surface area contributed by atoms with Gasteiger partial charge in [-0.1, -0.05) is 12.1 Å². The van der Waals surface area contributed by atoms with Gasteiger partial charge in [0.2, 0.25) is 10.0 Å². The van der Waals surface area contributed by atoms with Crippen LogP contribution >= 0.6 is 0 Å². The number of hydrogen-bond acceptors (Lipinski definition) is 4. The summed E-state index contributed by atoms with van der Waals surface area (Å²) < 4.78 is 30.5. The van der Waals surface area contributed by atoms with Crippen LogP contribution in [-0.2, 0) is 14.8 Å². The van der Waals surface area contributed by atoms with Crippen LogP contribution < -0.4 is 9.46 Å². The predicted octanol–water partition coefficient (Wildman–Crippen LogP) is 1.15. The summed E-state index contributed by atoms with van der Waals surface area (Å²) in [5.74, 6) is -1.62. The smallest absolute Gasteiger partial charge is 0.320 e. The molecule has 0 bridgehead atoms. The monoisotopic (exact) mass is 287 g/mol. The third kappa shape index (κ3) is 5.27. The molecule has 1 aromatic rings. The molecule has 7 heteroatoms. The van der Waals surface area contributed by atoms with Crippen LogP contribution in [-0.4, -0.2) is 31.9 Å². The van der Waals surface area contributed by atoms with Crippen molar-refractivity contribution >= 4 is 16.0 Å². The van der Waals surface area contributed by atoms with E-state index in [4.69, 9.17) is 9.84 Å². The van der Waals surface area contributed by atoms with Crippen molar-refractivity contribution in [2.75, 3.05) is 12.4 Å². The minimum Gasteiger partial charge on any atom is -0.494 e. The van der Waals surface area contributed by atoms with E-state index in [-0.39, 0.29) is 0 Å². The number of carboxylic acid groups (broad SMARTS) is 1. The lowest BCUT2D eigenvalue weighted by Crippen LogP contribution is -2.32. The molecule has 0 heterocycles. The number of hydrogen-bond donors (Lipinski definition) is 2. The Morgan fingerprint density at radius 2 is 1.95 bits per heavy atom. The van der Waals surface area contributed by atoms with Crippen molar-refractivity contribution < 1.29 is 23.1 Å². The SMILES string of the molecule is CCOc1ccc(C(C)NS(=O)(=O)CC(=O)O)cc1. The fourth-order valence-electron chi connectivity index (χ4n) is 1.56. The van der Waals surface area contributed by atoms with Gasteiger partial charge in [-0.05, 0) is 31.5 Å². The van der Waals surface area contributed by atoms with Gasteiger partial charge in [-0.25, -0.2) is 13.1 Å². The second kappa shape index (κ2) is 6.53. The molecule has 1 unspecified atom stereocenters. The maximum Gasteiger partial charge on any atom is 0.320 e. The molecule has 0 aliphatic carbocycles. The van der Waals surface area contributed by atoms with Crippen LogP contribution in [0.15, 0.2) is 24.3 Å². The van der Waals surface area contributed by atoms with Crippen molar-refractivity contribution in [2.45, 2.75) is 19.9 Å². The molecule has 0 aliphatic rings. The van der Waals surface area contributed by atoms with Crippen LogP contribution in [0.5, 0.6) is 5.75 Å². The van der Waals surface area contributed by atoms with Crippen LogP contribution in [0.1, 0.15) is 25.5 Å². The number of carboxylic acids is 1. The second-order valence-electron chi connectivity index (χ2n) is 3.99. The third-order valence-electron chi connectivity index (χ3n) is 2.36. The zero-order valence-corrected chi connectivity index (χ0v) is 11.6. The Labute approximate surface area is 112 Å². The fourth-order valence-corrected chi connectivity index (χ4v) is 2.64. The predicted molar refractivity (Wildman–Crippen MR) is 70.6 cm³/mol. The number of nitrogens with one attached hydrogen (secondary N) is 1. The Balaban J connectivity index is 2.72. The van der Waals surface area contributed by atoms with Crippen molar-refractivity contribution in [1.29, 1.82) is 0 Å². The number of benzene rings is 1. The van der Waals surface area contributed by atoms with E-state index >= 15 is 0 Å². The molecule has 0 aromatic heterocycles. The third-order valence-corrected chi connectivity index (χ3v) is 3.70. The van der Waals surface area contributed by atoms with Gasteiger partial charge in [-0.3, -0.25) is 4.79 Å². The number of rotatable bonds is 7. The Morgan fingerprint density at radius 3 is 2.42 bits per heavy atom. The summed E-state index contributed by atoms with van der Waals surface area (Å²) >= 11 is 0. The van der Waals surface area contributed by atoms with Gasteiger partial charge in [-0.2, -0.15) is 0 Å². The molecular formula is C12H17NO5S. The van der Waals surface area contributed by atoms with Gasteiger partial charge in [0.1, 0.15) is 5.75 Å². The molecule has 0 saturated heterocycles. The number of sulfonamides is 1. The summed E-state index contributed by atoms with van der Waals surface area (Å²) in [7, 11) is -3.83. The standard InChI is InChI=1S/C12H17NO5S/c1-3-18-11-6-4-10(5-7-11)9(2)13-19(16,17)8-12(14)15/h4-7,9,13H,3,8H2,1-2H3,(H,14,15). The highest BCUT2D eigenvalue weighted by Gasteiger charge is 2.19. The first-order valence-electron chi connectivity index (χ1n) is 5.78. The molecule has 0 aliphatic heterocycles. The Hall–Kier alpha value is -1.60. The summed E-state index contributed by atoms with van der Waals surface area (Å²) in [5, 5.41) is 8.49. The van der Waals surface area contributed by atoms with E-state index < -0.39 is 27.8 Å². The van der Waals surface area contributed by atoms with E-state index in [1.165, 1.54) is 0 Å². The highest BCUT2D eigenvalue weighted by Crippen LogP contribution is 2.18. The summed E-state index contributed by atoms with van der Waals surface area (Å²) in [6.45, 7) is 4.08. The Bertz CT molecular complexity index is 524. The summed E-state index contributed by atoms with van der Waals surface area (Å²) in [5.41, 5.74) is 0.734. The number of ether oxygens (including phenoxy) is 1. The highest BCUT2D eigenvalue weighted by atomic mass is 32.2. The molecule has 0 fully saturated rings. The first-order valence-corrected chi connectivity index (χ1v) is 7.44. The lowest BCUT2D eigenvalue weighted by molar-refractivity contribution is -0.134. The van der Waals surface area contributed by atoms with Crippen LogP contribution in [0, 0.1) is 0 Å². The van der Waals surface area contributed by atoms with Crippen LogP contribution in [0.2, 0.25) is 0 Å². The average Bonchev–Trinajstić information content (AvgIpc) is 2.27. The molecule has 0 spiro atoms. The van der Waals surface area contributed by atoms with Gasteiger partial charge in [0.15, 0.2) is 5.75 Å².